The van der Waals surface area contributed by atoms with Crippen molar-refractivity contribution in [2.45, 2.75) is 35.3 Å². The zero-order valence-electron chi connectivity index (χ0n) is 17.8. The average molecular weight is 544 g/mol. The van der Waals surface area contributed by atoms with Gasteiger partial charge in [-0.3, -0.25) is 0 Å². The average Bonchev–Trinajstić information content (AvgIpc) is 3.28. The number of nitrogens with one attached hydrogen (secondary N) is 1. The molecule has 1 N–H and O–H groups in total. The van der Waals surface area contributed by atoms with Crippen molar-refractivity contribution in [1.29, 1.82) is 0 Å². The number of nitrogens with zero attached hydrogens (tertiary/aromatic N) is 2. The number of rotatable bonds is 9. The topological polar surface area (TPSA) is 85.1 Å². The van der Waals surface area contributed by atoms with E-state index >= 15 is 0 Å². The summed E-state index contributed by atoms with van der Waals surface area (Å²) in [5.41, 5.74) is 3.05. The highest BCUT2D eigenvalue weighted by molar-refractivity contribution is 9.10. The zero-order chi connectivity index (χ0) is 23.3. The third-order valence-electron chi connectivity index (χ3n) is 4.91. The van der Waals surface area contributed by atoms with E-state index in [1.807, 2.05) is 61.5 Å². The van der Waals surface area contributed by atoms with Crippen molar-refractivity contribution in [1.82, 2.24) is 14.9 Å². The molecule has 9 heteroatoms. The second kappa shape index (κ2) is 10.6. The molecule has 170 valence electrons. The highest BCUT2D eigenvalue weighted by Gasteiger charge is 2.26. The van der Waals surface area contributed by atoms with Crippen LogP contribution in [0.1, 0.15) is 28.6 Å². The molecule has 0 amide bonds. The lowest BCUT2D eigenvalue weighted by Gasteiger charge is -2.16. The Bertz CT molecular complexity index is 1290. The van der Waals surface area contributed by atoms with E-state index in [0.717, 1.165) is 21.2 Å². The van der Waals surface area contributed by atoms with Crippen LogP contribution in [0.3, 0.4) is 0 Å². The first-order valence-corrected chi connectivity index (χ1v) is 13.5. The van der Waals surface area contributed by atoms with Gasteiger partial charge < -0.3 is 4.42 Å². The Balaban J connectivity index is 1.54. The molecule has 0 radical (unpaired) electrons. The number of thioether (sulfide) groups is 1. The molecule has 0 saturated carbocycles. The molecule has 0 aliphatic heterocycles. The second-order valence-corrected chi connectivity index (χ2v) is 11.1. The standard InChI is InChI=1S/C24H22BrN3O3S2/c1-17-7-13-21(14-8-17)33(29,30)28-22(15-18-5-3-2-4-6-18)23-26-27-24(31-23)32-16-19-9-11-20(25)12-10-19/h2-14,22,28H,15-16H2,1H3. The van der Waals surface area contributed by atoms with Crippen molar-refractivity contribution < 1.29 is 12.8 Å². The van der Waals surface area contributed by atoms with Crippen LogP contribution in [0.25, 0.3) is 0 Å². The molecule has 33 heavy (non-hydrogen) atoms. The molecule has 0 aliphatic carbocycles. The number of halogens is 1. The minimum atomic E-state index is -3.78. The van der Waals surface area contributed by atoms with Gasteiger partial charge in [-0.2, -0.15) is 4.72 Å². The van der Waals surface area contributed by atoms with E-state index in [9.17, 15) is 8.42 Å². The molecule has 1 unspecified atom stereocenters. The predicted molar refractivity (Wildman–Crippen MR) is 132 cm³/mol. The maximum atomic E-state index is 13.1. The third kappa shape index (κ3) is 6.54. The quantitative estimate of drug-likeness (QED) is 0.273. The summed E-state index contributed by atoms with van der Waals surface area (Å²) in [6, 6.07) is 23.6. The largest absolute Gasteiger partial charge is 0.414 e. The van der Waals surface area contributed by atoms with Crippen LogP contribution >= 0.6 is 27.7 Å². The Kier molecular flexibility index (Phi) is 7.64. The van der Waals surface area contributed by atoms with Crippen LogP contribution in [0.5, 0.6) is 0 Å². The van der Waals surface area contributed by atoms with E-state index < -0.39 is 16.1 Å². The Hall–Kier alpha value is -2.46. The van der Waals surface area contributed by atoms with E-state index in [0.29, 0.717) is 17.4 Å². The van der Waals surface area contributed by atoms with E-state index in [2.05, 4.69) is 30.8 Å². The van der Waals surface area contributed by atoms with Crippen LogP contribution < -0.4 is 4.72 Å². The van der Waals surface area contributed by atoms with Gasteiger partial charge in [-0.05, 0) is 48.7 Å². The summed E-state index contributed by atoms with van der Waals surface area (Å²) in [7, 11) is -3.78. The van der Waals surface area contributed by atoms with Crippen molar-refractivity contribution in [3.63, 3.8) is 0 Å². The van der Waals surface area contributed by atoms with Crippen LogP contribution in [0.2, 0.25) is 0 Å². The first-order chi connectivity index (χ1) is 15.9. The summed E-state index contributed by atoms with van der Waals surface area (Å²) in [6.07, 6.45) is 0.380. The van der Waals surface area contributed by atoms with Crippen LogP contribution in [0.15, 0.2) is 97.9 Å². The van der Waals surface area contributed by atoms with Crippen molar-refractivity contribution >= 4 is 37.7 Å². The normalized spacial score (nSPS) is 12.5. The number of benzene rings is 3. The Morgan fingerprint density at radius 3 is 2.33 bits per heavy atom. The minimum absolute atomic E-state index is 0.190. The lowest BCUT2D eigenvalue weighted by atomic mass is 10.1. The van der Waals surface area contributed by atoms with Crippen molar-refractivity contribution in [3.05, 3.63) is 106 Å². The number of aromatic nitrogens is 2. The molecule has 4 rings (SSSR count). The summed E-state index contributed by atoms with van der Waals surface area (Å²) in [5, 5.41) is 8.68. The van der Waals surface area contributed by atoms with Crippen LogP contribution in [-0.2, 0) is 22.2 Å². The lowest BCUT2D eigenvalue weighted by molar-refractivity contribution is 0.373. The van der Waals surface area contributed by atoms with Gasteiger partial charge in [0.1, 0.15) is 6.04 Å². The van der Waals surface area contributed by atoms with Crippen LogP contribution in [-0.4, -0.2) is 18.6 Å². The number of aryl methyl sites for hydroxylation is 1. The SMILES string of the molecule is Cc1ccc(S(=O)(=O)NC(Cc2ccccc2)c2nnc(SCc3ccc(Br)cc3)o2)cc1. The molecule has 6 nitrogen and oxygen atoms in total. The van der Waals surface area contributed by atoms with Gasteiger partial charge in [-0.1, -0.05) is 87.9 Å². The molecule has 1 atom stereocenters. The van der Waals surface area contributed by atoms with Gasteiger partial charge in [-0.15, -0.1) is 10.2 Å². The fourth-order valence-electron chi connectivity index (χ4n) is 3.15. The van der Waals surface area contributed by atoms with E-state index in [4.69, 9.17) is 4.42 Å². The molecule has 0 saturated heterocycles. The molecule has 0 spiro atoms. The predicted octanol–water partition coefficient (Wildman–Crippen LogP) is 5.70. The molecule has 0 fully saturated rings. The van der Waals surface area contributed by atoms with Crippen molar-refractivity contribution in [2.75, 3.05) is 0 Å². The summed E-state index contributed by atoms with van der Waals surface area (Å²) in [4.78, 5) is 0.190. The fourth-order valence-corrected chi connectivity index (χ4v) is 5.33. The smallest absolute Gasteiger partial charge is 0.276 e. The summed E-state index contributed by atoms with van der Waals surface area (Å²) in [5.74, 6) is 0.890. The summed E-state index contributed by atoms with van der Waals surface area (Å²) >= 11 is 4.84. The first kappa shape index (κ1) is 23.7. The van der Waals surface area contributed by atoms with Crippen molar-refractivity contribution in [3.8, 4) is 0 Å². The van der Waals surface area contributed by atoms with E-state index in [1.165, 1.54) is 11.8 Å². The number of sulfonamides is 1. The number of hydrogen-bond acceptors (Lipinski definition) is 6. The molecular formula is C24H22BrN3O3S2. The summed E-state index contributed by atoms with van der Waals surface area (Å²) in [6.45, 7) is 1.91. The van der Waals surface area contributed by atoms with Gasteiger partial charge in [0.25, 0.3) is 5.22 Å². The third-order valence-corrected chi connectivity index (χ3v) is 7.81. The molecule has 0 aliphatic rings. The van der Waals surface area contributed by atoms with Gasteiger partial charge in [0.15, 0.2) is 0 Å². The van der Waals surface area contributed by atoms with Gasteiger partial charge in [0.05, 0.1) is 4.90 Å². The Morgan fingerprint density at radius 2 is 1.64 bits per heavy atom. The zero-order valence-corrected chi connectivity index (χ0v) is 21.0. The molecule has 1 heterocycles. The van der Waals surface area contributed by atoms with Crippen molar-refractivity contribution in [2.24, 2.45) is 0 Å². The second-order valence-electron chi connectivity index (χ2n) is 7.50. The van der Waals surface area contributed by atoms with E-state index in [1.54, 1.807) is 24.3 Å². The fraction of sp³-hybridized carbons (Fsp3) is 0.167. The van der Waals surface area contributed by atoms with Gasteiger partial charge >= 0.3 is 0 Å². The molecule has 0 bridgehead atoms. The van der Waals surface area contributed by atoms with Gasteiger partial charge in [0.2, 0.25) is 15.9 Å². The molecule has 3 aromatic carbocycles. The highest BCUT2D eigenvalue weighted by atomic mass is 79.9. The summed E-state index contributed by atoms with van der Waals surface area (Å²) < 4.78 is 35.7. The van der Waals surface area contributed by atoms with E-state index in [-0.39, 0.29) is 10.8 Å². The van der Waals surface area contributed by atoms with Gasteiger partial charge in [0, 0.05) is 10.2 Å². The maximum absolute atomic E-state index is 13.1. The Labute approximate surface area is 206 Å². The highest BCUT2D eigenvalue weighted by Crippen LogP contribution is 2.27. The van der Waals surface area contributed by atoms with Crippen LogP contribution in [0.4, 0.5) is 0 Å². The van der Waals surface area contributed by atoms with Crippen LogP contribution in [0, 0.1) is 6.92 Å². The molecule has 1 aromatic heterocycles. The first-order valence-electron chi connectivity index (χ1n) is 10.2. The molecule has 4 aromatic rings. The molecular weight excluding hydrogens is 522 g/mol. The monoisotopic (exact) mass is 543 g/mol. The maximum Gasteiger partial charge on any atom is 0.276 e. The Morgan fingerprint density at radius 1 is 0.939 bits per heavy atom. The van der Waals surface area contributed by atoms with Gasteiger partial charge in [-0.25, -0.2) is 8.42 Å². The lowest BCUT2D eigenvalue weighted by Crippen LogP contribution is -2.30. The minimum Gasteiger partial charge on any atom is -0.414 e. The number of hydrogen-bond donors (Lipinski definition) is 1.